The Labute approximate surface area is 111 Å². The minimum atomic E-state index is 0.0682. The molecule has 0 saturated carbocycles. The summed E-state index contributed by atoms with van der Waals surface area (Å²) in [6.07, 6.45) is 4.27. The van der Waals surface area contributed by atoms with Crippen molar-refractivity contribution in [3.05, 3.63) is 0 Å². The van der Waals surface area contributed by atoms with E-state index in [4.69, 9.17) is 5.73 Å². The Hall–Kier alpha value is -0.770. The first-order chi connectivity index (χ1) is 8.56. The Morgan fingerprint density at radius 1 is 1.33 bits per heavy atom. The van der Waals surface area contributed by atoms with E-state index in [0.29, 0.717) is 13.1 Å². The van der Waals surface area contributed by atoms with Gasteiger partial charge in [-0.2, -0.15) is 0 Å². The van der Waals surface area contributed by atoms with E-state index in [2.05, 4.69) is 26.1 Å². The minimum Gasteiger partial charge on any atom is -0.337 e. The van der Waals surface area contributed by atoms with Crippen molar-refractivity contribution < 1.29 is 4.79 Å². The molecule has 4 nitrogen and oxygen atoms in total. The Balaban J connectivity index is 2.40. The summed E-state index contributed by atoms with van der Waals surface area (Å²) in [4.78, 5) is 14.0. The van der Waals surface area contributed by atoms with Gasteiger partial charge in [-0.25, -0.2) is 4.79 Å². The van der Waals surface area contributed by atoms with Crippen LogP contribution < -0.4 is 11.1 Å². The number of urea groups is 1. The molecule has 0 aromatic heterocycles. The molecule has 1 aliphatic heterocycles. The van der Waals surface area contributed by atoms with Crippen LogP contribution in [0.3, 0.4) is 0 Å². The van der Waals surface area contributed by atoms with Gasteiger partial charge in [0.2, 0.25) is 0 Å². The monoisotopic (exact) mass is 255 g/mol. The van der Waals surface area contributed by atoms with Crippen LogP contribution in [0.5, 0.6) is 0 Å². The molecule has 0 radical (unpaired) electrons. The maximum absolute atomic E-state index is 12.1. The molecule has 0 aromatic rings. The van der Waals surface area contributed by atoms with Crippen LogP contribution in [-0.2, 0) is 0 Å². The van der Waals surface area contributed by atoms with Crippen molar-refractivity contribution in [2.75, 3.05) is 26.2 Å². The highest BCUT2D eigenvalue weighted by molar-refractivity contribution is 5.74. The van der Waals surface area contributed by atoms with E-state index in [1.807, 2.05) is 4.90 Å². The zero-order valence-corrected chi connectivity index (χ0v) is 12.2. The lowest BCUT2D eigenvalue weighted by Gasteiger charge is -2.34. The molecule has 2 amide bonds. The van der Waals surface area contributed by atoms with Gasteiger partial charge in [-0.15, -0.1) is 0 Å². The molecular weight excluding hydrogens is 226 g/mol. The molecule has 0 spiro atoms. The van der Waals surface area contributed by atoms with Crippen molar-refractivity contribution in [2.45, 2.75) is 46.5 Å². The van der Waals surface area contributed by atoms with Crippen molar-refractivity contribution >= 4 is 6.03 Å². The lowest BCUT2D eigenvalue weighted by molar-refractivity contribution is 0.165. The fourth-order valence-corrected chi connectivity index (χ4v) is 2.45. The Kier molecular flexibility index (Phi) is 5.93. The Morgan fingerprint density at radius 3 is 2.33 bits per heavy atom. The number of nitrogens with zero attached hydrogens (tertiary/aromatic N) is 1. The summed E-state index contributed by atoms with van der Waals surface area (Å²) >= 11 is 0. The van der Waals surface area contributed by atoms with E-state index in [1.54, 1.807) is 0 Å². The van der Waals surface area contributed by atoms with Crippen LogP contribution >= 0.6 is 0 Å². The lowest BCUT2D eigenvalue weighted by Crippen LogP contribution is -2.48. The second-order valence-corrected chi connectivity index (χ2v) is 5.74. The summed E-state index contributed by atoms with van der Waals surface area (Å²) in [6.45, 7) is 9.65. The summed E-state index contributed by atoms with van der Waals surface area (Å²) in [6, 6.07) is 0.0848. The predicted octanol–water partition coefficient (Wildman–Crippen LogP) is 2.19. The summed E-state index contributed by atoms with van der Waals surface area (Å²) in [5.74, 6) is 0.753. The fraction of sp³-hybridized carbons (Fsp3) is 0.929. The average molecular weight is 255 g/mol. The highest BCUT2D eigenvalue weighted by Crippen LogP contribution is 2.24. The molecule has 1 saturated heterocycles. The molecule has 1 aliphatic rings. The average Bonchev–Trinajstić information content (AvgIpc) is 2.41. The first kappa shape index (κ1) is 15.3. The second-order valence-electron chi connectivity index (χ2n) is 5.74. The Bertz CT molecular complexity index is 248. The van der Waals surface area contributed by atoms with Crippen molar-refractivity contribution in [3.8, 4) is 0 Å². The molecule has 18 heavy (non-hydrogen) atoms. The van der Waals surface area contributed by atoms with Gasteiger partial charge in [0.25, 0.3) is 0 Å². The van der Waals surface area contributed by atoms with E-state index < -0.39 is 0 Å². The molecule has 0 aliphatic carbocycles. The number of hydrogen-bond donors (Lipinski definition) is 2. The predicted molar refractivity (Wildman–Crippen MR) is 75.4 cm³/mol. The van der Waals surface area contributed by atoms with Crippen molar-refractivity contribution in [1.29, 1.82) is 0 Å². The number of nitrogens with one attached hydrogen (secondary N) is 1. The van der Waals surface area contributed by atoms with Gasteiger partial charge in [-0.05, 0) is 43.6 Å². The van der Waals surface area contributed by atoms with Gasteiger partial charge in [-0.1, -0.05) is 20.8 Å². The SMILES string of the molecule is CCC(CC)(CN)CNC(=O)N1CCC(C)CC1. The molecule has 1 rings (SSSR count). The van der Waals surface area contributed by atoms with Gasteiger partial charge in [0, 0.05) is 19.6 Å². The van der Waals surface area contributed by atoms with E-state index >= 15 is 0 Å². The van der Waals surface area contributed by atoms with Crippen molar-refractivity contribution in [3.63, 3.8) is 0 Å². The van der Waals surface area contributed by atoms with Gasteiger partial charge in [0.1, 0.15) is 0 Å². The number of hydrogen-bond acceptors (Lipinski definition) is 2. The maximum Gasteiger partial charge on any atom is 0.317 e. The first-order valence-electron chi connectivity index (χ1n) is 7.29. The summed E-state index contributed by atoms with van der Waals surface area (Å²) in [5.41, 5.74) is 5.91. The normalized spacial score (nSPS) is 17.9. The number of piperidine rings is 1. The van der Waals surface area contributed by atoms with E-state index in [9.17, 15) is 4.79 Å². The summed E-state index contributed by atoms with van der Waals surface area (Å²) < 4.78 is 0. The van der Waals surface area contributed by atoms with Crippen molar-refractivity contribution in [2.24, 2.45) is 17.1 Å². The van der Waals surface area contributed by atoms with Gasteiger partial charge in [-0.3, -0.25) is 0 Å². The van der Waals surface area contributed by atoms with E-state index in [-0.39, 0.29) is 11.4 Å². The first-order valence-corrected chi connectivity index (χ1v) is 7.29. The third kappa shape index (κ3) is 3.87. The molecule has 1 fully saturated rings. The minimum absolute atomic E-state index is 0.0682. The Morgan fingerprint density at radius 2 is 1.89 bits per heavy atom. The summed E-state index contributed by atoms with van der Waals surface area (Å²) in [7, 11) is 0. The van der Waals surface area contributed by atoms with Gasteiger partial charge in [0.15, 0.2) is 0 Å². The standard InChI is InChI=1S/C14H29N3O/c1-4-14(5-2,10-15)11-16-13(18)17-8-6-12(3)7-9-17/h12H,4-11,15H2,1-3H3,(H,16,18). The molecule has 0 unspecified atom stereocenters. The van der Waals surface area contributed by atoms with E-state index in [1.165, 1.54) is 0 Å². The largest absolute Gasteiger partial charge is 0.337 e. The van der Waals surface area contributed by atoms with Gasteiger partial charge < -0.3 is 16.0 Å². The third-order valence-corrected chi connectivity index (χ3v) is 4.62. The molecular formula is C14H29N3O. The maximum atomic E-state index is 12.1. The van der Waals surface area contributed by atoms with E-state index in [0.717, 1.165) is 44.7 Å². The molecule has 0 aromatic carbocycles. The van der Waals surface area contributed by atoms with Crippen LogP contribution in [0, 0.1) is 11.3 Å². The molecule has 0 atom stereocenters. The number of rotatable bonds is 5. The van der Waals surface area contributed by atoms with Crippen LogP contribution in [0.4, 0.5) is 4.79 Å². The van der Waals surface area contributed by atoms with Gasteiger partial charge in [0.05, 0.1) is 0 Å². The molecule has 0 bridgehead atoms. The number of likely N-dealkylation sites (tertiary alicyclic amines) is 1. The van der Waals surface area contributed by atoms with Crippen LogP contribution in [-0.4, -0.2) is 37.1 Å². The fourth-order valence-electron chi connectivity index (χ4n) is 2.45. The van der Waals surface area contributed by atoms with Crippen LogP contribution in [0.25, 0.3) is 0 Å². The number of carbonyl (C=O) groups excluding carboxylic acids is 1. The van der Waals surface area contributed by atoms with Crippen LogP contribution in [0.1, 0.15) is 46.5 Å². The highest BCUT2D eigenvalue weighted by Gasteiger charge is 2.27. The number of carbonyl (C=O) groups is 1. The topological polar surface area (TPSA) is 58.4 Å². The molecule has 4 heteroatoms. The zero-order valence-electron chi connectivity index (χ0n) is 12.2. The van der Waals surface area contributed by atoms with Crippen LogP contribution in [0.2, 0.25) is 0 Å². The molecule has 1 heterocycles. The molecule has 106 valence electrons. The number of amides is 2. The third-order valence-electron chi connectivity index (χ3n) is 4.62. The van der Waals surface area contributed by atoms with Crippen molar-refractivity contribution in [1.82, 2.24) is 10.2 Å². The van der Waals surface area contributed by atoms with Gasteiger partial charge >= 0.3 is 6.03 Å². The zero-order chi connectivity index (χ0) is 13.6. The summed E-state index contributed by atoms with van der Waals surface area (Å²) in [5, 5.41) is 3.07. The number of nitrogens with two attached hydrogens (primary N) is 1. The highest BCUT2D eigenvalue weighted by atomic mass is 16.2. The smallest absolute Gasteiger partial charge is 0.317 e. The van der Waals surface area contributed by atoms with Crippen LogP contribution in [0.15, 0.2) is 0 Å². The second kappa shape index (κ2) is 6.98. The quantitative estimate of drug-likeness (QED) is 0.791. The lowest BCUT2D eigenvalue weighted by atomic mass is 9.82. The molecule has 3 N–H and O–H groups in total.